The first-order valence-corrected chi connectivity index (χ1v) is 9.36. The summed E-state index contributed by atoms with van der Waals surface area (Å²) in [6.07, 6.45) is 2.03. The van der Waals surface area contributed by atoms with Gasteiger partial charge in [0.25, 0.3) is 0 Å². The minimum absolute atomic E-state index is 0.0419. The first-order valence-electron chi connectivity index (χ1n) is 6.31. The predicted molar refractivity (Wildman–Crippen MR) is 86.2 cm³/mol. The lowest BCUT2D eigenvalue weighted by atomic mass is 10.4. The van der Waals surface area contributed by atoms with E-state index in [2.05, 4.69) is 15.6 Å². The van der Waals surface area contributed by atoms with Gasteiger partial charge in [-0.3, -0.25) is 4.99 Å². The van der Waals surface area contributed by atoms with Gasteiger partial charge in [0.2, 0.25) is 0 Å². The zero-order valence-electron chi connectivity index (χ0n) is 11.8. The van der Waals surface area contributed by atoms with Gasteiger partial charge in [0.1, 0.15) is 0 Å². The van der Waals surface area contributed by atoms with E-state index in [0.717, 1.165) is 12.3 Å². The standard InChI is InChI=1S/C13H21N3O2S2/c1-14-13(15-8-10-19-2)16-9-11-20(17,18)12-6-4-3-5-7-12/h3-7H,8-11H2,1-2H3,(H2,14,15,16). The summed E-state index contributed by atoms with van der Waals surface area (Å²) in [6.45, 7) is 1.13. The van der Waals surface area contributed by atoms with Gasteiger partial charge < -0.3 is 10.6 Å². The number of nitrogens with one attached hydrogen (secondary N) is 2. The van der Waals surface area contributed by atoms with Gasteiger partial charge in [-0.1, -0.05) is 18.2 Å². The molecule has 0 heterocycles. The van der Waals surface area contributed by atoms with Gasteiger partial charge in [0, 0.05) is 25.9 Å². The number of rotatable bonds is 7. The summed E-state index contributed by atoms with van der Waals surface area (Å²) in [5.74, 6) is 1.64. The molecular formula is C13H21N3O2S2. The predicted octanol–water partition coefficient (Wildman–Crippen LogP) is 0.988. The van der Waals surface area contributed by atoms with Crippen LogP contribution >= 0.6 is 11.8 Å². The molecule has 0 spiro atoms. The summed E-state index contributed by atoms with van der Waals surface area (Å²) in [5, 5.41) is 6.12. The highest BCUT2D eigenvalue weighted by atomic mass is 32.2. The third-order valence-electron chi connectivity index (χ3n) is 2.59. The van der Waals surface area contributed by atoms with E-state index < -0.39 is 9.84 Å². The average molecular weight is 315 g/mol. The van der Waals surface area contributed by atoms with E-state index >= 15 is 0 Å². The van der Waals surface area contributed by atoms with Crippen LogP contribution in [0.5, 0.6) is 0 Å². The van der Waals surface area contributed by atoms with Gasteiger partial charge in [-0.05, 0) is 18.4 Å². The number of aliphatic imine (C=N–C) groups is 1. The Morgan fingerprint density at radius 1 is 1.20 bits per heavy atom. The number of sulfone groups is 1. The Bertz CT molecular complexity index is 516. The summed E-state index contributed by atoms with van der Waals surface area (Å²) in [6, 6.07) is 8.48. The molecule has 0 atom stereocenters. The Kier molecular flexibility index (Phi) is 7.46. The molecule has 1 aromatic carbocycles. The van der Waals surface area contributed by atoms with Crippen molar-refractivity contribution in [2.24, 2.45) is 4.99 Å². The number of hydrogen-bond donors (Lipinski definition) is 2. The quantitative estimate of drug-likeness (QED) is 0.446. The summed E-state index contributed by atoms with van der Waals surface area (Å²) < 4.78 is 24.1. The maximum absolute atomic E-state index is 12.1. The number of thioether (sulfide) groups is 1. The molecule has 2 N–H and O–H groups in total. The molecule has 0 bridgehead atoms. The molecule has 0 fully saturated rings. The fraction of sp³-hybridized carbons (Fsp3) is 0.462. The lowest BCUT2D eigenvalue weighted by Gasteiger charge is -2.11. The molecule has 0 aliphatic heterocycles. The van der Waals surface area contributed by atoms with Crippen LogP contribution in [0.2, 0.25) is 0 Å². The van der Waals surface area contributed by atoms with Gasteiger partial charge in [-0.15, -0.1) is 0 Å². The van der Waals surface area contributed by atoms with Crippen LogP contribution in [0.4, 0.5) is 0 Å². The number of benzene rings is 1. The van der Waals surface area contributed by atoms with Crippen LogP contribution < -0.4 is 10.6 Å². The molecule has 20 heavy (non-hydrogen) atoms. The summed E-state index contributed by atoms with van der Waals surface area (Å²) >= 11 is 1.74. The molecule has 0 radical (unpaired) electrons. The topological polar surface area (TPSA) is 70.6 Å². The van der Waals surface area contributed by atoms with Crippen molar-refractivity contribution in [3.63, 3.8) is 0 Å². The second kappa shape index (κ2) is 8.86. The van der Waals surface area contributed by atoms with Crippen LogP contribution in [-0.2, 0) is 9.84 Å². The Balaban J connectivity index is 2.43. The van der Waals surface area contributed by atoms with E-state index in [1.165, 1.54) is 0 Å². The summed E-state index contributed by atoms with van der Waals surface area (Å²) in [5.41, 5.74) is 0. The van der Waals surface area contributed by atoms with Crippen molar-refractivity contribution in [1.29, 1.82) is 0 Å². The zero-order valence-corrected chi connectivity index (χ0v) is 13.4. The molecular weight excluding hydrogens is 294 g/mol. The van der Waals surface area contributed by atoms with E-state index in [0.29, 0.717) is 17.4 Å². The minimum atomic E-state index is -3.24. The molecule has 1 aromatic rings. The fourth-order valence-electron chi connectivity index (χ4n) is 1.54. The van der Waals surface area contributed by atoms with Gasteiger partial charge in [-0.2, -0.15) is 11.8 Å². The monoisotopic (exact) mass is 315 g/mol. The van der Waals surface area contributed by atoms with E-state index in [1.54, 1.807) is 49.1 Å². The largest absolute Gasteiger partial charge is 0.356 e. The molecule has 112 valence electrons. The fourth-order valence-corrected chi connectivity index (χ4v) is 3.03. The lowest BCUT2D eigenvalue weighted by molar-refractivity contribution is 0.594. The normalized spacial score (nSPS) is 12.2. The first kappa shape index (κ1) is 16.8. The van der Waals surface area contributed by atoms with E-state index in [9.17, 15) is 8.42 Å². The molecule has 5 nitrogen and oxygen atoms in total. The van der Waals surface area contributed by atoms with Crippen LogP contribution in [-0.4, -0.2) is 52.3 Å². The van der Waals surface area contributed by atoms with Crippen molar-refractivity contribution in [3.8, 4) is 0 Å². The van der Waals surface area contributed by atoms with Crippen molar-refractivity contribution in [3.05, 3.63) is 30.3 Å². The molecule has 0 aliphatic rings. The zero-order chi connectivity index (χ0) is 14.8. The van der Waals surface area contributed by atoms with Crippen LogP contribution in [0.15, 0.2) is 40.2 Å². The number of guanidine groups is 1. The second-order valence-electron chi connectivity index (χ2n) is 4.05. The van der Waals surface area contributed by atoms with E-state index in [-0.39, 0.29) is 5.75 Å². The Labute approximate surface area is 125 Å². The summed E-state index contributed by atoms with van der Waals surface area (Å²) in [7, 11) is -1.57. The van der Waals surface area contributed by atoms with Crippen molar-refractivity contribution in [1.82, 2.24) is 10.6 Å². The molecule has 0 amide bonds. The second-order valence-corrected chi connectivity index (χ2v) is 7.15. The van der Waals surface area contributed by atoms with Gasteiger partial charge >= 0.3 is 0 Å². The third-order valence-corrected chi connectivity index (χ3v) is 4.93. The molecule has 0 aromatic heterocycles. The molecule has 0 saturated carbocycles. The molecule has 1 rings (SSSR count). The highest BCUT2D eigenvalue weighted by Crippen LogP contribution is 2.09. The van der Waals surface area contributed by atoms with Gasteiger partial charge in [0.15, 0.2) is 15.8 Å². The SMILES string of the molecule is CN=C(NCCSC)NCCS(=O)(=O)c1ccccc1. The van der Waals surface area contributed by atoms with Crippen LogP contribution in [0.3, 0.4) is 0 Å². The van der Waals surface area contributed by atoms with Crippen LogP contribution in [0, 0.1) is 0 Å². The average Bonchev–Trinajstić information content (AvgIpc) is 2.46. The minimum Gasteiger partial charge on any atom is -0.356 e. The third kappa shape index (κ3) is 5.83. The van der Waals surface area contributed by atoms with E-state index in [1.807, 2.05) is 6.26 Å². The van der Waals surface area contributed by atoms with Crippen molar-refractivity contribution in [2.45, 2.75) is 4.90 Å². The van der Waals surface area contributed by atoms with Gasteiger partial charge in [-0.25, -0.2) is 8.42 Å². The lowest BCUT2D eigenvalue weighted by Crippen LogP contribution is -2.40. The smallest absolute Gasteiger partial charge is 0.191 e. The number of nitrogens with zero attached hydrogens (tertiary/aromatic N) is 1. The first-order chi connectivity index (χ1) is 9.60. The Morgan fingerprint density at radius 2 is 1.85 bits per heavy atom. The number of hydrogen-bond acceptors (Lipinski definition) is 4. The Hall–Kier alpha value is -1.21. The van der Waals surface area contributed by atoms with Crippen molar-refractivity contribution in [2.75, 3.05) is 37.9 Å². The van der Waals surface area contributed by atoms with Crippen molar-refractivity contribution >= 4 is 27.6 Å². The summed E-state index contributed by atoms with van der Waals surface area (Å²) in [4.78, 5) is 4.40. The van der Waals surface area contributed by atoms with Crippen LogP contribution in [0.25, 0.3) is 0 Å². The molecule has 0 saturated heterocycles. The Morgan fingerprint density at radius 3 is 2.45 bits per heavy atom. The van der Waals surface area contributed by atoms with Crippen molar-refractivity contribution < 1.29 is 8.42 Å². The van der Waals surface area contributed by atoms with Gasteiger partial charge in [0.05, 0.1) is 10.6 Å². The maximum atomic E-state index is 12.1. The molecule has 0 aliphatic carbocycles. The highest BCUT2D eigenvalue weighted by molar-refractivity contribution is 7.98. The maximum Gasteiger partial charge on any atom is 0.191 e. The molecule has 7 heteroatoms. The van der Waals surface area contributed by atoms with Crippen LogP contribution in [0.1, 0.15) is 0 Å². The highest BCUT2D eigenvalue weighted by Gasteiger charge is 2.13. The van der Waals surface area contributed by atoms with E-state index in [4.69, 9.17) is 0 Å². The molecule has 0 unspecified atom stereocenters.